The lowest BCUT2D eigenvalue weighted by Gasteiger charge is -2.27. The van der Waals surface area contributed by atoms with Crippen molar-refractivity contribution in [3.63, 3.8) is 0 Å². The van der Waals surface area contributed by atoms with Crippen molar-refractivity contribution in [2.24, 2.45) is 0 Å². The first-order valence-electron chi connectivity index (χ1n) is 9.97. The fourth-order valence-corrected chi connectivity index (χ4v) is 3.95. The van der Waals surface area contributed by atoms with Crippen molar-refractivity contribution in [2.45, 2.75) is 6.04 Å². The van der Waals surface area contributed by atoms with E-state index in [1.54, 1.807) is 24.3 Å². The maximum absolute atomic E-state index is 13.2. The second kappa shape index (κ2) is 7.49. The van der Waals surface area contributed by atoms with Gasteiger partial charge in [0.15, 0.2) is 23.0 Å². The Morgan fingerprint density at radius 3 is 2.50 bits per heavy atom. The highest BCUT2D eigenvalue weighted by atomic mass is 16.7. The number of amides is 1. The van der Waals surface area contributed by atoms with Crippen molar-refractivity contribution in [2.75, 3.05) is 30.7 Å². The standard InChI is InChI=1S/C24H20N2O6/c1-25(2)15-7-5-14(6-8-15)21-20(22(27)18-4-3-11-30-18)23(28)24(29)26(21)16-9-10-17-19(12-16)32-13-31-17/h3-12,21,28H,13H2,1-2H3. The highest BCUT2D eigenvalue weighted by molar-refractivity contribution is 6.20. The number of ether oxygens (including phenoxy) is 2. The third-order valence-electron chi connectivity index (χ3n) is 5.56. The van der Waals surface area contributed by atoms with Gasteiger partial charge in [-0.2, -0.15) is 0 Å². The number of hydrogen-bond donors (Lipinski definition) is 1. The number of rotatable bonds is 5. The number of nitrogens with zero attached hydrogens (tertiary/aromatic N) is 2. The number of aliphatic hydroxyl groups excluding tert-OH is 1. The molecule has 1 atom stereocenters. The molecule has 0 saturated heterocycles. The molecule has 8 nitrogen and oxygen atoms in total. The van der Waals surface area contributed by atoms with Gasteiger partial charge in [0.1, 0.15) is 0 Å². The predicted molar refractivity (Wildman–Crippen MR) is 116 cm³/mol. The Labute approximate surface area is 183 Å². The molecule has 3 heterocycles. The molecule has 5 rings (SSSR count). The molecule has 1 unspecified atom stereocenters. The Morgan fingerprint density at radius 1 is 1.06 bits per heavy atom. The van der Waals surface area contributed by atoms with E-state index < -0.39 is 23.5 Å². The van der Waals surface area contributed by atoms with Crippen molar-refractivity contribution in [3.8, 4) is 11.5 Å². The summed E-state index contributed by atoms with van der Waals surface area (Å²) >= 11 is 0. The maximum atomic E-state index is 13.2. The predicted octanol–water partition coefficient (Wildman–Crippen LogP) is 3.86. The molecule has 162 valence electrons. The van der Waals surface area contributed by atoms with Crippen molar-refractivity contribution in [3.05, 3.63) is 83.5 Å². The fraction of sp³-hybridized carbons (Fsp3) is 0.167. The molecule has 2 aromatic carbocycles. The zero-order valence-corrected chi connectivity index (χ0v) is 17.4. The number of Topliss-reactive ketones (excluding diaryl/α,β-unsaturated/α-hetero) is 1. The number of anilines is 2. The van der Waals surface area contributed by atoms with Crippen LogP contribution in [0.15, 0.2) is 76.6 Å². The summed E-state index contributed by atoms with van der Waals surface area (Å²) < 4.78 is 16.1. The van der Waals surface area contributed by atoms with Gasteiger partial charge in [-0.05, 0) is 42.0 Å². The van der Waals surface area contributed by atoms with E-state index in [0.717, 1.165) is 5.69 Å². The van der Waals surface area contributed by atoms with Gasteiger partial charge in [-0.15, -0.1) is 0 Å². The van der Waals surface area contributed by atoms with Gasteiger partial charge in [0, 0.05) is 31.5 Å². The lowest BCUT2D eigenvalue weighted by atomic mass is 9.94. The summed E-state index contributed by atoms with van der Waals surface area (Å²) in [6.07, 6.45) is 1.37. The van der Waals surface area contributed by atoms with E-state index in [1.807, 2.05) is 43.3 Å². The van der Waals surface area contributed by atoms with Crippen LogP contribution in [0.1, 0.15) is 22.2 Å². The molecule has 0 radical (unpaired) electrons. The number of fused-ring (bicyclic) bond motifs is 1. The summed E-state index contributed by atoms with van der Waals surface area (Å²) in [6.45, 7) is 0.0912. The lowest BCUT2D eigenvalue weighted by molar-refractivity contribution is -0.117. The second-order valence-corrected chi connectivity index (χ2v) is 7.67. The fourth-order valence-electron chi connectivity index (χ4n) is 3.95. The van der Waals surface area contributed by atoms with E-state index in [0.29, 0.717) is 22.7 Å². The maximum Gasteiger partial charge on any atom is 0.294 e. The molecule has 2 aliphatic rings. The van der Waals surface area contributed by atoms with Crippen molar-refractivity contribution >= 4 is 23.1 Å². The summed E-state index contributed by atoms with van der Waals surface area (Å²) in [5, 5.41) is 10.8. The third kappa shape index (κ3) is 3.08. The van der Waals surface area contributed by atoms with E-state index in [2.05, 4.69) is 0 Å². The quantitative estimate of drug-likeness (QED) is 0.612. The van der Waals surface area contributed by atoms with Crippen LogP contribution in [-0.2, 0) is 4.79 Å². The van der Waals surface area contributed by atoms with Gasteiger partial charge < -0.3 is 23.9 Å². The third-order valence-corrected chi connectivity index (χ3v) is 5.56. The second-order valence-electron chi connectivity index (χ2n) is 7.67. The lowest BCUT2D eigenvalue weighted by Crippen LogP contribution is -2.31. The molecular formula is C24H20N2O6. The smallest absolute Gasteiger partial charge is 0.294 e. The van der Waals surface area contributed by atoms with E-state index in [9.17, 15) is 14.7 Å². The van der Waals surface area contributed by atoms with Crippen LogP contribution in [0, 0.1) is 0 Å². The molecule has 0 fully saturated rings. The summed E-state index contributed by atoms with van der Waals surface area (Å²) in [5.74, 6) is -0.738. The van der Waals surface area contributed by atoms with Crippen LogP contribution in [0.3, 0.4) is 0 Å². The van der Waals surface area contributed by atoms with Crippen LogP contribution in [0.4, 0.5) is 11.4 Å². The molecule has 0 aliphatic carbocycles. The van der Waals surface area contributed by atoms with Crippen LogP contribution >= 0.6 is 0 Å². The van der Waals surface area contributed by atoms with E-state index in [4.69, 9.17) is 13.9 Å². The van der Waals surface area contributed by atoms with E-state index in [-0.39, 0.29) is 18.1 Å². The van der Waals surface area contributed by atoms with Gasteiger partial charge in [-0.25, -0.2) is 0 Å². The van der Waals surface area contributed by atoms with E-state index in [1.165, 1.54) is 17.2 Å². The van der Waals surface area contributed by atoms with Crippen molar-refractivity contribution < 1.29 is 28.6 Å². The molecule has 0 spiro atoms. The highest BCUT2D eigenvalue weighted by Crippen LogP contribution is 2.45. The number of carbonyl (C=O) groups is 2. The van der Waals surface area contributed by atoms with E-state index >= 15 is 0 Å². The SMILES string of the molecule is CN(C)c1ccc(C2C(C(=O)c3ccco3)=C(O)C(=O)N2c2ccc3c(c2)OCO3)cc1. The van der Waals surface area contributed by atoms with Crippen LogP contribution in [-0.4, -0.2) is 37.7 Å². The molecule has 32 heavy (non-hydrogen) atoms. The minimum atomic E-state index is -0.850. The number of furan rings is 1. The zero-order valence-electron chi connectivity index (χ0n) is 17.4. The Balaban J connectivity index is 1.64. The molecule has 8 heteroatoms. The number of aliphatic hydroxyl groups is 1. The van der Waals surface area contributed by atoms with Gasteiger partial charge >= 0.3 is 0 Å². The van der Waals surface area contributed by atoms with Gasteiger partial charge in [-0.3, -0.25) is 14.5 Å². The van der Waals surface area contributed by atoms with Gasteiger partial charge in [0.05, 0.1) is 17.9 Å². The van der Waals surface area contributed by atoms with Crippen molar-refractivity contribution in [1.82, 2.24) is 0 Å². The molecular weight excluding hydrogens is 412 g/mol. The zero-order chi connectivity index (χ0) is 22.4. The molecule has 3 aromatic rings. The number of carbonyl (C=O) groups excluding carboxylic acids is 2. The monoisotopic (exact) mass is 432 g/mol. The molecule has 2 aliphatic heterocycles. The Morgan fingerprint density at radius 2 is 1.81 bits per heavy atom. The summed E-state index contributed by atoms with van der Waals surface area (Å²) in [7, 11) is 3.84. The topological polar surface area (TPSA) is 92.5 Å². The normalized spacial score (nSPS) is 17.2. The largest absolute Gasteiger partial charge is 0.503 e. The first kappa shape index (κ1) is 19.7. The average Bonchev–Trinajstić information content (AvgIpc) is 3.53. The van der Waals surface area contributed by atoms with Gasteiger partial charge in [0.25, 0.3) is 5.91 Å². The number of hydrogen-bond acceptors (Lipinski definition) is 7. The molecule has 1 aromatic heterocycles. The van der Waals surface area contributed by atoms with Crippen LogP contribution in [0.5, 0.6) is 11.5 Å². The Hall–Kier alpha value is -4.20. The van der Waals surface area contributed by atoms with Crippen LogP contribution in [0.2, 0.25) is 0 Å². The van der Waals surface area contributed by atoms with Crippen LogP contribution < -0.4 is 19.3 Å². The molecule has 1 N–H and O–H groups in total. The minimum absolute atomic E-state index is 0.0415. The number of ketones is 1. The molecule has 0 bridgehead atoms. The first-order valence-corrected chi connectivity index (χ1v) is 9.97. The van der Waals surface area contributed by atoms with Crippen LogP contribution in [0.25, 0.3) is 0 Å². The average molecular weight is 432 g/mol. The molecule has 1 amide bonds. The molecule has 0 saturated carbocycles. The highest BCUT2D eigenvalue weighted by Gasteiger charge is 2.45. The minimum Gasteiger partial charge on any atom is -0.503 e. The first-order chi connectivity index (χ1) is 15.5. The number of benzene rings is 2. The summed E-state index contributed by atoms with van der Waals surface area (Å²) in [4.78, 5) is 29.8. The Kier molecular flexibility index (Phi) is 4.62. The summed E-state index contributed by atoms with van der Waals surface area (Å²) in [5.41, 5.74) is 2.05. The van der Waals surface area contributed by atoms with Crippen molar-refractivity contribution in [1.29, 1.82) is 0 Å². The van der Waals surface area contributed by atoms with Gasteiger partial charge in [-0.1, -0.05) is 12.1 Å². The van der Waals surface area contributed by atoms with Gasteiger partial charge in [0.2, 0.25) is 12.6 Å². The summed E-state index contributed by atoms with van der Waals surface area (Å²) in [6, 6.07) is 14.7. The Bertz CT molecular complexity index is 1230.